The first kappa shape index (κ1) is 11.6. The summed E-state index contributed by atoms with van der Waals surface area (Å²) in [5.41, 5.74) is -0.0333. The average Bonchev–Trinajstić information content (AvgIpc) is 2.09. The molecule has 82 valence electrons. The Morgan fingerprint density at radius 2 is 2.13 bits per heavy atom. The molecule has 0 aliphatic carbocycles. The van der Waals surface area contributed by atoms with Crippen LogP contribution in [0.4, 0.5) is 14.5 Å². The zero-order valence-corrected chi connectivity index (χ0v) is 8.29. The van der Waals surface area contributed by atoms with Gasteiger partial charge < -0.3 is 4.74 Å². The standard InChI is InChI=1S/C8H6ClF2NO3/c1-4-2-5(12(13)14)7(9)6(3-4)15-8(10)11/h2-3,8H,1H3. The lowest BCUT2D eigenvalue weighted by atomic mass is 10.2. The van der Waals surface area contributed by atoms with E-state index < -0.39 is 28.0 Å². The van der Waals surface area contributed by atoms with Gasteiger partial charge in [0.25, 0.3) is 5.69 Å². The van der Waals surface area contributed by atoms with Gasteiger partial charge >= 0.3 is 6.61 Å². The van der Waals surface area contributed by atoms with Gasteiger partial charge in [0.2, 0.25) is 0 Å². The Kier molecular flexibility index (Phi) is 3.41. The fraction of sp³-hybridized carbons (Fsp3) is 0.250. The highest BCUT2D eigenvalue weighted by Crippen LogP contribution is 2.35. The van der Waals surface area contributed by atoms with Crippen molar-refractivity contribution >= 4 is 17.3 Å². The summed E-state index contributed by atoms with van der Waals surface area (Å²) >= 11 is 5.52. The summed E-state index contributed by atoms with van der Waals surface area (Å²) in [6, 6.07) is 2.39. The van der Waals surface area contributed by atoms with Gasteiger partial charge in [-0.15, -0.1) is 0 Å². The fourth-order valence-corrected chi connectivity index (χ4v) is 1.25. The van der Waals surface area contributed by atoms with Crippen LogP contribution in [0.2, 0.25) is 5.02 Å². The van der Waals surface area contributed by atoms with E-state index in [0.29, 0.717) is 5.56 Å². The maximum atomic E-state index is 11.9. The molecule has 0 saturated carbocycles. The second-order valence-electron chi connectivity index (χ2n) is 2.73. The van der Waals surface area contributed by atoms with Gasteiger partial charge in [-0.25, -0.2) is 0 Å². The van der Waals surface area contributed by atoms with E-state index in [1.165, 1.54) is 19.1 Å². The van der Waals surface area contributed by atoms with Crippen molar-refractivity contribution in [3.05, 3.63) is 32.8 Å². The minimum Gasteiger partial charge on any atom is -0.433 e. The number of benzene rings is 1. The van der Waals surface area contributed by atoms with Crippen LogP contribution in [0.1, 0.15) is 5.56 Å². The number of nitrogens with zero attached hydrogens (tertiary/aromatic N) is 1. The Labute approximate surface area is 88.6 Å². The minimum atomic E-state index is -3.07. The van der Waals surface area contributed by atoms with E-state index in [9.17, 15) is 18.9 Å². The van der Waals surface area contributed by atoms with Crippen LogP contribution >= 0.6 is 11.6 Å². The molecule has 0 radical (unpaired) electrons. The predicted molar refractivity (Wildman–Crippen MR) is 49.5 cm³/mol. The van der Waals surface area contributed by atoms with E-state index in [1.54, 1.807) is 0 Å². The molecule has 0 amide bonds. The number of nitro groups is 1. The highest BCUT2D eigenvalue weighted by molar-refractivity contribution is 6.34. The number of hydrogen-bond acceptors (Lipinski definition) is 3. The van der Waals surface area contributed by atoms with Crippen LogP contribution in [-0.2, 0) is 0 Å². The van der Waals surface area contributed by atoms with Crippen LogP contribution in [0, 0.1) is 17.0 Å². The molecule has 0 bridgehead atoms. The molecule has 0 aromatic heterocycles. The lowest BCUT2D eigenvalue weighted by Crippen LogP contribution is -2.03. The third-order valence-corrected chi connectivity index (χ3v) is 1.96. The van der Waals surface area contributed by atoms with E-state index in [-0.39, 0.29) is 0 Å². The lowest BCUT2D eigenvalue weighted by molar-refractivity contribution is -0.384. The molecule has 0 saturated heterocycles. The zero-order chi connectivity index (χ0) is 11.6. The molecule has 0 unspecified atom stereocenters. The normalized spacial score (nSPS) is 10.5. The van der Waals surface area contributed by atoms with Crippen LogP contribution < -0.4 is 4.74 Å². The quantitative estimate of drug-likeness (QED) is 0.599. The van der Waals surface area contributed by atoms with Gasteiger partial charge in [-0.05, 0) is 18.6 Å². The summed E-state index contributed by atoms with van der Waals surface area (Å²) in [6.45, 7) is -1.55. The van der Waals surface area contributed by atoms with E-state index in [0.717, 1.165) is 0 Å². The molecule has 1 aromatic rings. The second kappa shape index (κ2) is 4.39. The van der Waals surface area contributed by atoms with Crippen LogP contribution in [0.5, 0.6) is 5.75 Å². The van der Waals surface area contributed by atoms with Gasteiger partial charge in [0.15, 0.2) is 10.8 Å². The molecular formula is C8H6ClF2NO3. The van der Waals surface area contributed by atoms with Gasteiger partial charge in [-0.3, -0.25) is 10.1 Å². The van der Waals surface area contributed by atoms with Crippen LogP contribution in [0.25, 0.3) is 0 Å². The molecule has 0 spiro atoms. The molecule has 0 atom stereocenters. The van der Waals surface area contributed by atoms with Crippen molar-refractivity contribution in [3.8, 4) is 5.75 Å². The van der Waals surface area contributed by atoms with E-state index in [1.807, 2.05) is 0 Å². The highest BCUT2D eigenvalue weighted by atomic mass is 35.5. The number of halogens is 3. The predicted octanol–water partition coefficient (Wildman–Crippen LogP) is 3.16. The first-order valence-electron chi connectivity index (χ1n) is 3.81. The fourth-order valence-electron chi connectivity index (χ4n) is 1.03. The Morgan fingerprint density at radius 3 is 2.60 bits per heavy atom. The van der Waals surface area contributed by atoms with Gasteiger partial charge in [-0.2, -0.15) is 8.78 Å². The molecule has 1 aromatic carbocycles. The highest BCUT2D eigenvalue weighted by Gasteiger charge is 2.20. The number of hydrogen-bond donors (Lipinski definition) is 0. The molecule has 0 N–H and O–H groups in total. The van der Waals surface area contributed by atoms with E-state index in [4.69, 9.17) is 11.6 Å². The first-order valence-corrected chi connectivity index (χ1v) is 4.19. The average molecular weight is 238 g/mol. The lowest BCUT2D eigenvalue weighted by Gasteiger charge is -2.07. The van der Waals surface area contributed by atoms with Crippen molar-refractivity contribution in [1.29, 1.82) is 0 Å². The number of alkyl halides is 2. The second-order valence-corrected chi connectivity index (χ2v) is 3.11. The summed E-state index contributed by atoms with van der Waals surface area (Å²) in [7, 11) is 0. The Morgan fingerprint density at radius 1 is 1.53 bits per heavy atom. The largest absolute Gasteiger partial charge is 0.433 e. The Bertz CT molecular complexity index is 398. The summed E-state index contributed by atoms with van der Waals surface area (Å²) in [4.78, 5) is 9.73. The van der Waals surface area contributed by atoms with Crippen molar-refractivity contribution in [1.82, 2.24) is 0 Å². The van der Waals surface area contributed by atoms with E-state index in [2.05, 4.69) is 4.74 Å². The summed E-state index contributed by atoms with van der Waals surface area (Å²) in [5.74, 6) is -0.390. The number of ether oxygens (including phenoxy) is 1. The third-order valence-electron chi connectivity index (χ3n) is 1.58. The van der Waals surface area contributed by atoms with Crippen molar-refractivity contribution in [3.63, 3.8) is 0 Å². The summed E-state index contributed by atoms with van der Waals surface area (Å²) in [5, 5.41) is 10.1. The summed E-state index contributed by atoms with van der Waals surface area (Å²) < 4.78 is 27.9. The Hall–Kier alpha value is -1.43. The van der Waals surface area contributed by atoms with E-state index >= 15 is 0 Å². The minimum absolute atomic E-state index is 0.390. The summed E-state index contributed by atoms with van der Waals surface area (Å²) in [6.07, 6.45) is 0. The number of aryl methyl sites for hydroxylation is 1. The monoisotopic (exact) mass is 237 g/mol. The zero-order valence-electron chi connectivity index (χ0n) is 7.54. The molecule has 15 heavy (non-hydrogen) atoms. The van der Waals surface area contributed by atoms with Crippen LogP contribution in [0.3, 0.4) is 0 Å². The SMILES string of the molecule is Cc1cc(OC(F)F)c(Cl)c([N+](=O)[O-])c1. The first-order chi connectivity index (χ1) is 6.91. The smallest absolute Gasteiger partial charge is 0.387 e. The van der Waals surface area contributed by atoms with Gasteiger partial charge in [0.05, 0.1) is 4.92 Å². The maximum Gasteiger partial charge on any atom is 0.387 e. The van der Waals surface area contributed by atoms with Crippen molar-refractivity contribution in [2.75, 3.05) is 0 Å². The Balaban J connectivity index is 3.22. The molecule has 0 fully saturated rings. The van der Waals surface area contributed by atoms with Gasteiger partial charge in [0.1, 0.15) is 0 Å². The molecule has 0 aliphatic heterocycles. The van der Waals surface area contributed by atoms with Crippen LogP contribution in [-0.4, -0.2) is 11.5 Å². The number of rotatable bonds is 3. The topological polar surface area (TPSA) is 52.4 Å². The molecular weight excluding hydrogens is 232 g/mol. The number of nitro benzene ring substituents is 1. The molecule has 1 rings (SSSR count). The van der Waals surface area contributed by atoms with Crippen molar-refractivity contribution in [2.45, 2.75) is 13.5 Å². The van der Waals surface area contributed by atoms with Gasteiger partial charge in [-0.1, -0.05) is 11.6 Å². The third kappa shape index (κ3) is 2.76. The maximum absolute atomic E-state index is 11.9. The molecule has 4 nitrogen and oxygen atoms in total. The van der Waals surface area contributed by atoms with Crippen molar-refractivity contribution in [2.24, 2.45) is 0 Å². The molecule has 7 heteroatoms. The molecule has 0 aliphatic rings. The molecule has 0 heterocycles. The van der Waals surface area contributed by atoms with Crippen LogP contribution in [0.15, 0.2) is 12.1 Å². The van der Waals surface area contributed by atoms with Crippen molar-refractivity contribution < 1.29 is 18.4 Å². The van der Waals surface area contributed by atoms with Gasteiger partial charge in [0, 0.05) is 6.07 Å².